The van der Waals surface area contributed by atoms with Gasteiger partial charge in [-0.1, -0.05) is 60.1 Å². The van der Waals surface area contributed by atoms with Gasteiger partial charge in [0.25, 0.3) is 0 Å². The van der Waals surface area contributed by atoms with Gasteiger partial charge in [-0.3, -0.25) is 0 Å². The highest BCUT2D eigenvalue weighted by molar-refractivity contribution is 6.45. The molecule has 0 unspecified atom stereocenters. The van der Waals surface area contributed by atoms with Gasteiger partial charge in [0.05, 0.1) is 11.2 Å². The van der Waals surface area contributed by atoms with Crippen molar-refractivity contribution >= 4 is 24.3 Å². The fourth-order valence-corrected chi connectivity index (χ4v) is 3.51. The Labute approximate surface area is 168 Å². The van der Waals surface area contributed by atoms with Gasteiger partial charge in [-0.25, -0.2) is 0 Å². The lowest BCUT2D eigenvalue weighted by atomic mass is 9.74. The van der Waals surface area contributed by atoms with Crippen molar-refractivity contribution in [1.29, 1.82) is 0 Å². The monoisotopic (exact) mass is 382 g/mol. The molecule has 0 saturated carbocycles. The van der Waals surface area contributed by atoms with Crippen LogP contribution < -0.4 is 0 Å². The largest absolute Gasteiger partial charge is 0.458 e. The van der Waals surface area contributed by atoms with E-state index in [1.165, 1.54) is 16.7 Å². The first kappa shape index (κ1) is 20.2. The molecule has 0 amide bonds. The molecule has 1 aliphatic rings. The zero-order valence-corrected chi connectivity index (χ0v) is 17.6. The van der Waals surface area contributed by atoms with Crippen molar-refractivity contribution in [2.45, 2.75) is 58.1 Å². The molecule has 0 aromatic heterocycles. The fraction of sp³-hybridized carbons (Fsp3) is 0.391. The van der Waals surface area contributed by atoms with E-state index >= 15 is 0 Å². The van der Waals surface area contributed by atoms with E-state index in [2.05, 4.69) is 77.1 Å². The van der Waals surface area contributed by atoms with Crippen molar-refractivity contribution in [3.05, 3.63) is 76.8 Å². The minimum absolute atomic E-state index is 0.205. The summed E-state index contributed by atoms with van der Waals surface area (Å²) in [4.78, 5) is 0. The molecular formula is C23H28BClO2. The smallest absolute Gasteiger partial charge is 0.403 e. The number of allylic oxidation sites excluding steroid dienone is 2. The number of rotatable bonds is 5. The summed E-state index contributed by atoms with van der Waals surface area (Å²) in [7, 11) is -0.227. The van der Waals surface area contributed by atoms with Gasteiger partial charge in [-0.05, 0) is 69.8 Å². The lowest BCUT2D eigenvalue weighted by molar-refractivity contribution is 0.00578. The zero-order chi connectivity index (χ0) is 19.7. The van der Waals surface area contributed by atoms with E-state index in [0.29, 0.717) is 0 Å². The molecule has 2 aromatic carbocycles. The third-order valence-electron chi connectivity index (χ3n) is 5.73. The summed E-state index contributed by atoms with van der Waals surface area (Å²) >= 11 is 6.03. The molecule has 1 heterocycles. The van der Waals surface area contributed by atoms with Crippen LogP contribution in [0.3, 0.4) is 0 Å². The molecule has 0 radical (unpaired) electrons. The van der Waals surface area contributed by atoms with Crippen molar-refractivity contribution in [3.63, 3.8) is 0 Å². The molecule has 0 spiro atoms. The highest BCUT2D eigenvalue weighted by Gasteiger charge is 2.51. The molecule has 142 valence electrons. The second kappa shape index (κ2) is 7.83. The molecule has 1 saturated heterocycles. The molecule has 1 aliphatic heterocycles. The molecule has 1 atom stereocenters. The van der Waals surface area contributed by atoms with Gasteiger partial charge >= 0.3 is 7.12 Å². The van der Waals surface area contributed by atoms with Crippen molar-refractivity contribution in [3.8, 4) is 0 Å². The maximum atomic E-state index is 6.25. The number of benzene rings is 2. The van der Waals surface area contributed by atoms with Crippen LogP contribution in [0.5, 0.6) is 0 Å². The van der Waals surface area contributed by atoms with Gasteiger partial charge in [0, 0.05) is 10.9 Å². The van der Waals surface area contributed by atoms with Crippen molar-refractivity contribution in [2.75, 3.05) is 0 Å². The molecule has 4 heteroatoms. The molecule has 3 rings (SSSR count). The Morgan fingerprint density at radius 2 is 1.52 bits per heavy atom. The first-order valence-corrected chi connectivity index (χ1v) is 9.91. The Balaban J connectivity index is 1.86. The van der Waals surface area contributed by atoms with Crippen LogP contribution in [0.1, 0.15) is 51.7 Å². The van der Waals surface area contributed by atoms with Gasteiger partial charge in [-0.15, -0.1) is 0 Å². The molecule has 0 aliphatic carbocycles. The number of hydrogen-bond acceptors (Lipinski definition) is 2. The normalized spacial score (nSPS) is 19.9. The maximum Gasteiger partial charge on any atom is 0.458 e. The van der Waals surface area contributed by atoms with Gasteiger partial charge in [-0.2, -0.15) is 0 Å². The summed E-state index contributed by atoms with van der Waals surface area (Å²) in [5.74, 6) is 0.205. The Morgan fingerprint density at radius 3 is 2.07 bits per heavy atom. The lowest BCUT2D eigenvalue weighted by Gasteiger charge is -2.32. The summed E-state index contributed by atoms with van der Waals surface area (Å²) in [6, 6.07) is 18.5. The van der Waals surface area contributed by atoms with E-state index in [1.807, 2.05) is 18.2 Å². The Kier molecular flexibility index (Phi) is 5.86. The van der Waals surface area contributed by atoms with Crippen LogP contribution in [-0.2, 0) is 9.31 Å². The molecule has 27 heavy (non-hydrogen) atoms. The second-order valence-electron chi connectivity index (χ2n) is 8.30. The van der Waals surface area contributed by atoms with Crippen LogP contribution in [0, 0.1) is 0 Å². The summed E-state index contributed by atoms with van der Waals surface area (Å²) in [6.07, 6.45) is 3.09. The molecule has 1 fully saturated rings. The highest BCUT2D eigenvalue weighted by Crippen LogP contribution is 2.40. The average Bonchev–Trinajstić information content (AvgIpc) is 2.82. The average molecular weight is 383 g/mol. The first-order chi connectivity index (χ1) is 12.7. The van der Waals surface area contributed by atoms with Crippen LogP contribution in [0.15, 0.2) is 60.7 Å². The van der Waals surface area contributed by atoms with E-state index in [1.54, 1.807) is 0 Å². The summed E-state index contributed by atoms with van der Waals surface area (Å²) in [6.45, 7) is 10.5. The standard InChI is InChI=1S/C23H28BClO2/c1-17(18-11-13-21(25)14-12-18)15-20(19-9-7-6-8-10-19)16-24-26-22(2,3)23(4,5)27-24/h6-15,20H,16H2,1-5H3/b17-15+/t20-/m0/s1. The number of hydrogen-bond donors (Lipinski definition) is 0. The van der Waals surface area contributed by atoms with Gasteiger partial charge in [0.1, 0.15) is 0 Å². The first-order valence-electron chi connectivity index (χ1n) is 9.53. The predicted molar refractivity (Wildman–Crippen MR) is 115 cm³/mol. The summed E-state index contributed by atoms with van der Waals surface area (Å²) in [5, 5.41) is 0.753. The molecular weight excluding hydrogens is 355 g/mol. The van der Waals surface area contributed by atoms with E-state index < -0.39 is 0 Å². The topological polar surface area (TPSA) is 18.5 Å². The maximum absolute atomic E-state index is 6.25. The Bertz CT molecular complexity index is 781. The number of halogens is 1. The van der Waals surface area contributed by atoms with Crippen LogP contribution in [0.25, 0.3) is 5.57 Å². The predicted octanol–water partition coefficient (Wildman–Crippen LogP) is 6.62. The summed E-state index contributed by atoms with van der Waals surface area (Å²) in [5.41, 5.74) is 3.04. The van der Waals surface area contributed by atoms with E-state index in [0.717, 1.165) is 11.3 Å². The van der Waals surface area contributed by atoms with Crippen LogP contribution in [0.4, 0.5) is 0 Å². The van der Waals surface area contributed by atoms with Gasteiger partial charge in [0.2, 0.25) is 0 Å². The fourth-order valence-electron chi connectivity index (χ4n) is 3.38. The highest BCUT2D eigenvalue weighted by atomic mass is 35.5. The van der Waals surface area contributed by atoms with Crippen LogP contribution >= 0.6 is 11.6 Å². The van der Waals surface area contributed by atoms with E-state index in [4.69, 9.17) is 20.9 Å². The van der Waals surface area contributed by atoms with Crippen LogP contribution in [0.2, 0.25) is 11.3 Å². The third kappa shape index (κ3) is 4.66. The summed E-state index contributed by atoms with van der Waals surface area (Å²) < 4.78 is 12.5. The van der Waals surface area contributed by atoms with Crippen molar-refractivity contribution < 1.29 is 9.31 Å². The molecule has 0 bridgehead atoms. The minimum Gasteiger partial charge on any atom is -0.403 e. The zero-order valence-electron chi connectivity index (χ0n) is 16.8. The van der Waals surface area contributed by atoms with Crippen molar-refractivity contribution in [1.82, 2.24) is 0 Å². The van der Waals surface area contributed by atoms with Gasteiger partial charge in [0.15, 0.2) is 0 Å². The quantitative estimate of drug-likeness (QED) is 0.541. The van der Waals surface area contributed by atoms with Crippen molar-refractivity contribution in [2.24, 2.45) is 0 Å². The SMILES string of the molecule is C/C(=C\[C@@H](CB1OC(C)(C)C(C)(C)O1)c1ccccc1)c1ccc(Cl)cc1. The molecule has 2 nitrogen and oxygen atoms in total. The van der Waals surface area contributed by atoms with E-state index in [9.17, 15) is 0 Å². The molecule has 2 aromatic rings. The van der Waals surface area contributed by atoms with Gasteiger partial charge < -0.3 is 9.31 Å². The Morgan fingerprint density at radius 1 is 0.963 bits per heavy atom. The minimum atomic E-state index is -0.312. The Hall–Kier alpha value is -1.55. The van der Waals surface area contributed by atoms with E-state index in [-0.39, 0.29) is 24.2 Å². The lowest BCUT2D eigenvalue weighted by Crippen LogP contribution is -2.41. The molecule has 0 N–H and O–H groups in total. The second-order valence-corrected chi connectivity index (χ2v) is 8.73. The van der Waals surface area contributed by atoms with Crippen LogP contribution in [-0.4, -0.2) is 18.3 Å². The third-order valence-corrected chi connectivity index (χ3v) is 5.98.